The average Bonchev–Trinajstić information content (AvgIpc) is 3.13. The van der Waals surface area contributed by atoms with Gasteiger partial charge in [0.25, 0.3) is 0 Å². The van der Waals surface area contributed by atoms with E-state index in [-0.39, 0.29) is 6.04 Å². The number of ether oxygens (including phenoxy) is 1. The highest BCUT2D eigenvalue weighted by Crippen LogP contribution is 2.43. The van der Waals surface area contributed by atoms with Gasteiger partial charge in [-0.2, -0.15) is 10.4 Å². The molecule has 0 unspecified atom stereocenters. The van der Waals surface area contributed by atoms with Gasteiger partial charge in [-0.15, -0.1) is 0 Å². The second-order valence-corrected chi connectivity index (χ2v) is 8.76. The lowest BCUT2D eigenvalue weighted by molar-refractivity contribution is -0.0535. The lowest BCUT2D eigenvalue weighted by Gasteiger charge is -2.41. The number of hydrogen-bond acceptors (Lipinski definition) is 6. The summed E-state index contributed by atoms with van der Waals surface area (Å²) in [5.74, 6) is 1.09. The number of fused-ring (bicyclic) bond motifs is 1. The molecule has 0 amide bonds. The van der Waals surface area contributed by atoms with Crippen LogP contribution in [0.15, 0.2) is 54.6 Å². The second-order valence-electron chi connectivity index (χ2n) is 8.76. The molecule has 2 aromatic carbocycles. The fourth-order valence-electron chi connectivity index (χ4n) is 4.54. The molecule has 0 aliphatic heterocycles. The highest BCUT2D eigenvalue weighted by atomic mass is 16.5. The van der Waals surface area contributed by atoms with Gasteiger partial charge in [0.1, 0.15) is 28.9 Å². The van der Waals surface area contributed by atoms with E-state index in [0.717, 1.165) is 33.5 Å². The van der Waals surface area contributed by atoms with Crippen molar-refractivity contribution in [2.24, 2.45) is 0 Å². The Morgan fingerprint density at radius 1 is 1.18 bits per heavy atom. The maximum absolute atomic E-state index is 10.1. The van der Waals surface area contributed by atoms with Crippen LogP contribution in [0, 0.1) is 11.3 Å². The van der Waals surface area contributed by atoms with Crippen LogP contribution in [0.4, 0.5) is 5.82 Å². The Kier molecular flexibility index (Phi) is 5.03. The van der Waals surface area contributed by atoms with Gasteiger partial charge in [0.15, 0.2) is 0 Å². The predicted molar refractivity (Wildman–Crippen MR) is 128 cm³/mol. The number of nitriles is 1. The van der Waals surface area contributed by atoms with Crippen LogP contribution in [-0.2, 0) is 0 Å². The van der Waals surface area contributed by atoms with E-state index >= 15 is 0 Å². The highest BCUT2D eigenvalue weighted by Gasteiger charge is 2.41. The monoisotopic (exact) mass is 439 g/mol. The van der Waals surface area contributed by atoms with Crippen molar-refractivity contribution in [3.8, 4) is 34.3 Å². The van der Waals surface area contributed by atoms with Crippen molar-refractivity contribution in [3.05, 3.63) is 60.2 Å². The van der Waals surface area contributed by atoms with Gasteiger partial charge < -0.3 is 15.6 Å². The Hall–Kier alpha value is -3.89. The molecule has 1 aliphatic carbocycles. The quantitative estimate of drug-likeness (QED) is 0.466. The molecule has 166 valence electrons. The minimum Gasteiger partial charge on any atom is -0.493 e. The third kappa shape index (κ3) is 3.69. The van der Waals surface area contributed by atoms with Crippen LogP contribution < -0.4 is 10.5 Å². The lowest BCUT2D eigenvalue weighted by Crippen LogP contribution is -2.42. The van der Waals surface area contributed by atoms with Gasteiger partial charge in [-0.1, -0.05) is 36.4 Å². The third-order valence-corrected chi connectivity index (χ3v) is 6.17. The van der Waals surface area contributed by atoms with E-state index in [2.05, 4.69) is 11.2 Å². The predicted octanol–water partition coefficient (Wildman–Crippen LogP) is 4.70. The van der Waals surface area contributed by atoms with E-state index in [1.165, 1.54) is 0 Å². The van der Waals surface area contributed by atoms with E-state index in [0.29, 0.717) is 36.5 Å². The Labute approximate surface area is 192 Å². The van der Waals surface area contributed by atoms with Crippen molar-refractivity contribution < 1.29 is 9.84 Å². The van der Waals surface area contributed by atoms with E-state index in [1.807, 2.05) is 61.5 Å². The van der Waals surface area contributed by atoms with Gasteiger partial charge in [-0.05, 0) is 38.8 Å². The number of hydrogen-bond donors (Lipinski definition) is 2. The van der Waals surface area contributed by atoms with Crippen LogP contribution in [0.5, 0.6) is 5.75 Å². The largest absolute Gasteiger partial charge is 0.493 e. The molecular formula is C26H25N5O2. The molecule has 2 heterocycles. The van der Waals surface area contributed by atoms with Crippen LogP contribution in [0.3, 0.4) is 0 Å². The number of aromatic nitrogens is 3. The minimum absolute atomic E-state index is 0.0197. The smallest absolute Gasteiger partial charge is 0.140 e. The summed E-state index contributed by atoms with van der Waals surface area (Å²) in [7, 11) is 0. The molecule has 33 heavy (non-hydrogen) atoms. The number of anilines is 1. The molecule has 4 aromatic rings. The first-order valence-electron chi connectivity index (χ1n) is 11.0. The summed E-state index contributed by atoms with van der Waals surface area (Å²) in [6, 6.07) is 19.9. The number of benzene rings is 2. The first-order valence-corrected chi connectivity index (χ1v) is 11.0. The van der Waals surface area contributed by atoms with E-state index in [9.17, 15) is 10.4 Å². The standard InChI is InChI=1S/C26H25N5O2/c1-3-33-23-12-21(16-7-5-4-6-8-16)29-22-11-17(9-10-19(22)23)24-20(15-27)25(28)31(30-24)18-13-26(2,32)14-18/h4-12,18,32H,3,13-14,28H2,1-2H3/t18-,26+. The van der Waals surface area contributed by atoms with E-state index in [1.54, 1.807) is 11.6 Å². The van der Waals surface area contributed by atoms with Crippen molar-refractivity contribution in [2.45, 2.75) is 38.3 Å². The van der Waals surface area contributed by atoms with Crippen molar-refractivity contribution >= 4 is 16.7 Å². The zero-order valence-electron chi connectivity index (χ0n) is 18.6. The summed E-state index contributed by atoms with van der Waals surface area (Å²) in [5.41, 5.74) is 9.75. The van der Waals surface area contributed by atoms with Gasteiger partial charge in [-0.25, -0.2) is 9.67 Å². The van der Waals surface area contributed by atoms with Crippen LogP contribution in [-0.4, -0.2) is 32.1 Å². The fraction of sp³-hybridized carbons (Fsp3) is 0.269. The first-order chi connectivity index (χ1) is 15.9. The molecule has 0 radical (unpaired) electrons. The molecule has 2 aromatic heterocycles. The number of pyridine rings is 1. The summed E-state index contributed by atoms with van der Waals surface area (Å²) in [4.78, 5) is 4.88. The van der Waals surface area contributed by atoms with Gasteiger partial charge >= 0.3 is 0 Å². The Balaban J connectivity index is 1.63. The molecule has 0 bridgehead atoms. The molecule has 3 N–H and O–H groups in total. The van der Waals surface area contributed by atoms with E-state index in [4.69, 9.17) is 15.5 Å². The van der Waals surface area contributed by atoms with Gasteiger partial charge in [0, 0.05) is 22.6 Å². The van der Waals surface area contributed by atoms with Crippen molar-refractivity contribution in [2.75, 3.05) is 12.3 Å². The molecule has 0 spiro atoms. The van der Waals surface area contributed by atoms with Crippen LogP contribution >= 0.6 is 0 Å². The maximum atomic E-state index is 10.1. The molecule has 0 atom stereocenters. The van der Waals surface area contributed by atoms with Gasteiger partial charge in [0.05, 0.1) is 29.5 Å². The number of nitrogen functional groups attached to an aromatic ring is 1. The average molecular weight is 440 g/mol. The molecule has 7 nitrogen and oxygen atoms in total. The van der Waals surface area contributed by atoms with Gasteiger partial charge in [0.2, 0.25) is 0 Å². The third-order valence-electron chi connectivity index (χ3n) is 6.17. The topological polar surface area (TPSA) is 110 Å². The molecule has 1 saturated carbocycles. The maximum Gasteiger partial charge on any atom is 0.140 e. The summed E-state index contributed by atoms with van der Waals surface area (Å²) in [5, 5.41) is 25.5. The minimum atomic E-state index is -0.716. The molecule has 7 heteroatoms. The first kappa shape index (κ1) is 21.0. The molecule has 0 saturated heterocycles. The molecule has 1 fully saturated rings. The van der Waals surface area contributed by atoms with Crippen molar-refractivity contribution in [3.63, 3.8) is 0 Å². The summed E-state index contributed by atoms with van der Waals surface area (Å²) >= 11 is 0. The second kappa shape index (κ2) is 7.91. The molecule has 1 aliphatic rings. The number of nitrogens with two attached hydrogens (primary N) is 1. The molecular weight excluding hydrogens is 414 g/mol. The van der Waals surface area contributed by atoms with Crippen molar-refractivity contribution in [1.82, 2.24) is 14.8 Å². The number of rotatable bonds is 5. The van der Waals surface area contributed by atoms with Crippen LogP contribution in [0.25, 0.3) is 33.4 Å². The van der Waals surface area contributed by atoms with Crippen LogP contribution in [0.1, 0.15) is 38.3 Å². The highest BCUT2D eigenvalue weighted by molar-refractivity contribution is 5.91. The van der Waals surface area contributed by atoms with Crippen LogP contribution in [0.2, 0.25) is 0 Å². The zero-order valence-corrected chi connectivity index (χ0v) is 18.6. The Bertz CT molecular complexity index is 1380. The Morgan fingerprint density at radius 2 is 1.94 bits per heavy atom. The normalized spacial score (nSPS) is 19.8. The Morgan fingerprint density at radius 3 is 2.61 bits per heavy atom. The zero-order chi connectivity index (χ0) is 23.2. The van der Waals surface area contributed by atoms with Crippen molar-refractivity contribution in [1.29, 1.82) is 5.26 Å². The number of aliphatic hydroxyl groups is 1. The molecule has 5 rings (SSSR count). The summed E-state index contributed by atoms with van der Waals surface area (Å²) in [6.07, 6.45) is 1.11. The summed E-state index contributed by atoms with van der Waals surface area (Å²) in [6.45, 7) is 4.29. The van der Waals surface area contributed by atoms with Gasteiger partial charge in [-0.3, -0.25) is 0 Å². The summed E-state index contributed by atoms with van der Waals surface area (Å²) < 4.78 is 7.59. The number of nitrogens with zero attached hydrogens (tertiary/aromatic N) is 4. The van der Waals surface area contributed by atoms with E-state index < -0.39 is 5.60 Å². The lowest BCUT2D eigenvalue weighted by atomic mass is 9.77. The fourth-order valence-corrected chi connectivity index (χ4v) is 4.54. The SMILES string of the molecule is CCOc1cc(-c2ccccc2)nc2cc(-c3nn([C@H]4C[C@@](C)(O)C4)c(N)c3C#N)ccc12.